The maximum absolute atomic E-state index is 13.5. The van der Waals surface area contributed by atoms with Crippen molar-refractivity contribution in [3.05, 3.63) is 107 Å². The lowest BCUT2D eigenvalue weighted by molar-refractivity contribution is 0.0640. The molecular weight excluding hydrogens is 613 g/mol. The van der Waals surface area contributed by atoms with Crippen LogP contribution in [0.3, 0.4) is 0 Å². The number of hydrogen-bond acceptors (Lipinski definition) is 7. The van der Waals surface area contributed by atoms with E-state index in [1.54, 1.807) is 50.2 Å². The first-order valence-corrected chi connectivity index (χ1v) is 18.6. The van der Waals surface area contributed by atoms with Crippen LogP contribution in [-0.4, -0.2) is 40.0 Å². The Kier molecular flexibility index (Phi) is 8.76. The van der Waals surface area contributed by atoms with Crippen LogP contribution in [-0.2, 0) is 17.5 Å². The van der Waals surface area contributed by atoms with Crippen molar-refractivity contribution in [2.24, 2.45) is 5.41 Å². The summed E-state index contributed by atoms with van der Waals surface area (Å²) in [6.07, 6.45) is -0.237. The fourth-order valence-corrected chi connectivity index (χ4v) is 8.51. The van der Waals surface area contributed by atoms with Crippen LogP contribution in [0, 0.1) is 5.41 Å². The number of benzene rings is 4. The molecule has 0 saturated carbocycles. The number of ether oxygens (including phenoxy) is 2. The van der Waals surface area contributed by atoms with Gasteiger partial charge in [0.15, 0.2) is 0 Å². The number of fused-ring (bicyclic) bond motifs is 3. The van der Waals surface area contributed by atoms with E-state index in [2.05, 4.69) is 63.0 Å². The minimum atomic E-state index is -1.09. The highest BCUT2D eigenvalue weighted by Gasteiger charge is 2.40. The molecule has 1 atom stereocenters. The predicted octanol–water partition coefficient (Wildman–Crippen LogP) is 8.66. The van der Waals surface area contributed by atoms with Gasteiger partial charge in [-0.25, -0.2) is 0 Å². The Morgan fingerprint density at radius 2 is 1.28 bits per heavy atom. The summed E-state index contributed by atoms with van der Waals surface area (Å²) in [4.78, 5) is 32.7. The molecule has 0 saturated heterocycles. The molecule has 9 heteroatoms. The molecule has 2 aliphatic rings. The van der Waals surface area contributed by atoms with Crippen molar-refractivity contribution in [1.29, 1.82) is 0 Å². The van der Waals surface area contributed by atoms with Crippen molar-refractivity contribution in [3.63, 3.8) is 0 Å². The zero-order valence-corrected chi connectivity index (χ0v) is 29.2. The van der Waals surface area contributed by atoms with Crippen LogP contribution in [0.5, 0.6) is 11.5 Å². The number of imide groups is 1. The largest absolute Gasteiger partial charge is 0.496 e. The van der Waals surface area contributed by atoms with Gasteiger partial charge in [-0.15, -0.1) is 0 Å². The molecule has 0 spiro atoms. The summed E-state index contributed by atoms with van der Waals surface area (Å²) in [6.45, 7) is 11.6. The van der Waals surface area contributed by atoms with Gasteiger partial charge >= 0.3 is 0 Å². The molecule has 0 aromatic heterocycles. The predicted molar refractivity (Wildman–Crippen MR) is 184 cm³/mol. The number of amides is 2. The van der Waals surface area contributed by atoms with Crippen LogP contribution in [0.1, 0.15) is 64.3 Å². The zero-order valence-electron chi connectivity index (χ0n) is 27.3. The molecule has 46 heavy (non-hydrogen) atoms. The Bertz CT molecular complexity index is 1770. The highest BCUT2D eigenvalue weighted by Crippen LogP contribution is 2.57. The molecular formula is C37H39N2O5SSi. The first kappa shape index (κ1) is 31.9. The molecule has 1 radical (unpaired) electrons. The van der Waals surface area contributed by atoms with Gasteiger partial charge in [-0.1, -0.05) is 75.0 Å². The quantitative estimate of drug-likeness (QED) is 0.133. The van der Waals surface area contributed by atoms with Gasteiger partial charge in [0.2, 0.25) is 9.04 Å². The fourth-order valence-electron chi connectivity index (χ4n) is 6.19. The molecule has 1 unspecified atom stereocenters. The van der Waals surface area contributed by atoms with E-state index in [0.717, 1.165) is 43.6 Å². The number of carbonyl (C=O) groups excluding carboxylic acids is 2. The van der Waals surface area contributed by atoms with Crippen molar-refractivity contribution in [2.45, 2.75) is 62.8 Å². The average Bonchev–Trinajstić information content (AvgIpc) is 3.28. The number of methoxy groups -OCH3 is 2. The van der Waals surface area contributed by atoms with E-state index < -0.39 is 9.04 Å². The van der Waals surface area contributed by atoms with Gasteiger partial charge in [0.25, 0.3) is 11.8 Å². The van der Waals surface area contributed by atoms with Crippen LogP contribution < -0.4 is 14.4 Å². The van der Waals surface area contributed by atoms with Gasteiger partial charge < -0.3 is 18.8 Å². The Morgan fingerprint density at radius 3 is 1.85 bits per heavy atom. The molecule has 4 aromatic rings. The average molecular weight is 652 g/mol. The normalized spacial score (nSPS) is 14.7. The molecule has 237 valence electrons. The molecule has 4 aromatic carbocycles. The Morgan fingerprint density at radius 1 is 0.717 bits per heavy atom. The van der Waals surface area contributed by atoms with Crippen LogP contribution in [0.2, 0.25) is 13.1 Å². The molecule has 0 bridgehead atoms. The second kappa shape index (κ2) is 12.6. The monoisotopic (exact) mass is 651 g/mol. The summed E-state index contributed by atoms with van der Waals surface area (Å²) in [5.41, 5.74) is 5.58. The van der Waals surface area contributed by atoms with E-state index in [-0.39, 0.29) is 29.9 Å². The lowest BCUT2D eigenvalue weighted by Crippen LogP contribution is -2.31. The van der Waals surface area contributed by atoms with E-state index in [4.69, 9.17) is 13.9 Å². The van der Waals surface area contributed by atoms with Crippen molar-refractivity contribution in [1.82, 2.24) is 4.90 Å². The maximum Gasteiger partial charge on any atom is 0.261 e. The molecule has 0 N–H and O–H groups in total. The van der Waals surface area contributed by atoms with Gasteiger partial charge in [-0.2, -0.15) is 0 Å². The topological polar surface area (TPSA) is 68.3 Å². The summed E-state index contributed by atoms with van der Waals surface area (Å²) in [7, 11) is 2.24. The zero-order chi connectivity index (χ0) is 32.7. The first-order chi connectivity index (χ1) is 22.0. The Balaban J connectivity index is 1.56. The first-order valence-electron chi connectivity index (χ1n) is 15.4. The van der Waals surface area contributed by atoms with Crippen LogP contribution >= 0.6 is 11.8 Å². The number of carbonyl (C=O) groups is 2. The van der Waals surface area contributed by atoms with Gasteiger partial charge in [0, 0.05) is 27.5 Å². The van der Waals surface area contributed by atoms with Gasteiger partial charge in [0.05, 0.1) is 49.4 Å². The van der Waals surface area contributed by atoms with Crippen LogP contribution in [0.4, 0.5) is 11.4 Å². The van der Waals surface area contributed by atoms with Crippen molar-refractivity contribution < 1.29 is 23.5 Å². The third-order valence-electron chi connectivity index (χ3n) is 8.34. The standard InChI is InChI=1S/C37H39N2O5SSi/c1-37(2,3)34(44-46(6)7)31-30(43-5)20-18-28-33(31)45-32-26(22-39-35(40)24-15-11-12-16-25(24)36(39)41)29(42-4)19-17-27(32)38(28)21-23-13-9-8-10-14-23/h8-20,34H,21-22H2,1-7H3. The number of anilines is 2. The van der Waals surface area contributed by atoms with Crippen molar-refractivity contribution >= 4 is 44.0 Å². The summed E-state index contributed by atoms with van der Waals surface area (Å²) >= 11 is 1.63. The molecule has 2 amide bonds. The molecule has 7 nitrogen and oxygen atoms in total. The van der Waals surface area contributed by atoms with E-state index in [1.165, 1.54) is 4.90 Å². The van der Waals surface area contributed by atoms with Gasteiger partial charge in [-0.05, 0) is 60.5 Å². The highest BCUT2D eigenvalue weighted by molar-refractivity contribution is 7.99. The lowest BCUT2D eigenvalue weighted by atomic mass is 9.84. The van der Waals surface area contributed by atoms with Gasteiger partial charge in [0.1, 0.15) is 11.5 Å². The third-order valence-corrected chi connectivity index (χ3v) is 10.3. The minimum Gasteiger partial charge on any atom is -0.496 e. The van der Waals surface area contributed by atoms with E-state index >= 15 is 0 Å². The van der Waals surface area contributed by atoms with E-state index in [1.807, 2.05) is 30.3 Å². The second-order valence-corrected chi connectivity index (χ2v) is 15.9. The van der Waals surface area contributed by atoms with Crippen LogP contribution in [0.15, 0.2) is 88.7 Å². The molecule has 2 aliphatic heterocycles. The summed E-state index contributed by atoms with van der Waals surface area (Å²) in [5, 5.41) is 0. The molecule has 2 heterocycles. The maximum atomic E-state index is 13.5. The summed E-state index contributed by atoms with van der Waals surface area (Å²) < 4.78 is 18.7. The lowest BCUT2D eigenvalue weighted by Gasteiger charge is -2.40. The molecule has 0 fully saturated rings. The fraction of sp³-hybridized carbons (Fsp3) is 0.297. The highest BCUT2D eigenvalue weighted by atomic mass is 32.2. The SMILES string of the molecule is COc1ccc2c(c1CN1C(=O)c3ccccc3C1=O)Sc1c(ccc(OC)c1C(O[Si](C)C)C(C)(C)C)N2Cc1ccccc1. The minimum absolute atomic E-state index is 0.0791. The summed E-state index contributed by atoms with van der Waals surface area (Å²) in [5.74, 6) is 0.785. The van der Waals surface area contributed by atoms with Crippen molar-refractivity contribution in [3.8, 4) is 11.5 Å². The summed E-state index contributed by atoms with van der Waals surface area (Å²) in [6, 6.07) is 25.5. The van der Waals surface area contributed by atoms with Crippen molar-refractivity contribution in [2.75, 3.05) is 19.1 Å². The Labute approximate surface area is 277 Å². The van der Waals surface area contributed by atoms with E-state index in [0.29, 0.717) is 23.4 Å². The number of rotatable bonds is 9. The van der Waals surface area contributed by atoms with Crippen LogP contribution in [0.25, 0.3) is 0 Å². The smallest absolute Gasteiger partial charge is 0.261 e. The molecule has 6 rings (SSSR count). The Hall–Kier alpha value is -4.05. The van der Waals surface area contributed by atoms with E-state index in [9.17, 15) is 9.59 Å². The second-order valence-electron chi connectivity index (χ2n) is 12.8. The number of hydrogen-bond donors (Lipinski definition) is 0. The van der Waals surface area contributed by atoms with Gasteiger partial charge in [-0.3, -0.25) is 14.5 Å². The third kappa shape index (κ3) is 5.72. The number of nitrogens with zero attached hydrogens (tertiary/aromatic N) is 2. The molecule has 0 aliphatic carbocycles.